The number of halogens is 6. The van der Waals surface area contributed by atoms with E-state index in [-0.39, 0.29) is 36.7 Å². The second-order valence-corrected chi connectivity index (χ2v) is 17.9. The molecule has 55 heavy (non-hydrogen) atoms. The first kappa shape index (κ1) is 42.1. The van der Waals surface area contributed by atoms with Gasteiger partial charge in [0.15, 0.2) is 0 Å². The molecular formula is C40H51F6NO6S2. The lowest BCUT2D eigenvalue weighted by molar-refractivity contribution is -0.322. The number of hydrogen-bond donors (Lipinski definition) is 0. The average molecular weight is 820 g/mol. The summed E-state index contributed by atoms with van der Waals surface area (Å²) in [4.78, 5) is 14.8. The largest absolute Gasteiger partial charge is 0.490 e. The molecule has 1 amide bonds. The van der Waals surface area contributed by atoms with Crippen molar-refractivity contribution in [1.82, 2.24) is 4.90 Å². The number of benzene rings is 2. The quantitative estimate of drug-likeness (QED) is 0.100. The lowest BCUT2D eigenvalue weighted by Crippen LogP contribution is -2.45. The van der Waals surface area contributed by atoms with E-state index in [1.807, 2.05) is 21.8 Å². The third-order valence-corrected chi connectivity index (χ3v) is 14.3. The van der Waals surface area contributed by atoms with E-state index in [9.17, 15) is 31.1 Å². The van der Waals surface area contributed by atoms with Crippen molar-refractivity contribution in [2.75, 3.05) is 44.5 Å². The number of ether oxygens (including phenoxy) is 5. The molecule has 1 heterocycles. The summed E-state index contributed by atoms with van der Waals surface area (Å²) in [6.45, 7) is 5.06. The summed E-state index contributed by atoms with van der Waals surface area (Å²) in [5.74, 6) is 5.22. The highest BCUT2D eigenvalue weighted by Gasteiger charge is 2.58. The minimum absolute atomic E-state index is 0.0425. The van der Waals surface area contributed by atoms with Gasteiger partial charge >= 0.3 is 18.4 Å². The van der Waals surface area contributed by atoms with Crippen LogP contribution in [0.3, 0.4) is 0 Å². The van der Waals surface area contributed by atoms with E-state index in [0.717, 1.165) is 68.6 Å². The van der Waals surface area contributed by atoms with E-state index in [1.54, 1.807) is 35.1 Å². The van der Waals surface area contributed by atoms with Gasteiger partial charge in [-0.15, -0.1) is 0 Å². The van der Waals surface area contributed by atoms with Crippen LogP contribution in [0.1, 0.15) is 82.3 Å². The van der Waals surface area contributed by atoms with Gasteiger partial charge in [-0.25, -0.2) is 4.79 Å². The van der Waals surface area contributed by atoms with Crippen molar-refractivity contribution in [2.24, 2.45) is 17.3 Å². The van der Waals surface area contributed by atoms with E-state index in [0.29, 0.717) is 49.0 Å². The Kier molecular flexibility index (Phi) is 14.1. The molecule has 6 rings (SSSR count). The molecule has 4 aliphatic rings. The summed E-state index contributed by atoms with van der Waals surface area (Å²) < 4.78 is 105. The Morgan fingerprint density at radius 1 is 0.873 bits per heavy atom. The number of hydrogen-bond acceptors (Lipinski definition) is 8. The van der Waals surface area contributed by atoms with Crippen molar-refractivity contribution in [3.8, 4) is 17.2 Å². The zero-order valence-electron chi connectivity index (χ0n) is 31.3. The Morgan fingerprint density at radius 3 is 2.27 bits per heavy atom. The molecular weight excluding hydrogens is 769 g/mol. The first-order valence-corrected chi connectivity index (χ1v) is 21.8. The number of carbonyl (C=O) groups excluding carboxylic acids is 1. The van der Waals surface area contributed by atoms with Gasteiger partial charge in [0.25, 0.3) is 0 Å². The standard InChI is InChI=1S/C40H51F6NO6S2/c1-3-18-47(27-16-23-54-55-25-27)37(48)53-29-8-6-28(7-9-29)49-21-22-50-30-10-12-31-26(24-30)5-11-33-32(31)15-17-38(2)34(33)13-14-35(38)51-19-4-20-52-36(39(41,42)43)40(44,45)46/h6-10,12,24,27,32-36H,3-5,11,13-23,25H2,1-2H3/t27?,32?,33-,34?,35+,38+/m1/s1. The Balaban J connectivity index is 0.932. The molecule has 2 aromatic carbocycles. The SMILES string of the molecule is CCCN(C(=O)Oc1ccc(OCCOc2ccc3c(c2)CC[C@@H]2C3CC[C@@]3(C)C2CC[C@@H]3OCCCOC(C(F)(F)F)C(F)(F)F)cc1)C1CCSSC1. The predicted molar refractivity (Wildman–Crippen MR) is 201 cm³/mol. The number of fused-ring (bicyclic) bond motifs is 5. The molecule has 3 fully saturated rings. The van der Waals surface area contributed by atoms with Crippen LogP contribution in [0.5, 0.6) is 17.2 Å². The van der Waals surface area contributed by atoms with E-state index < -0.39 is 25.1 Å². The molecule has 2 saturated carbocycles. The molecule has 306 valence electrons. The van der Waals surface area contributed by atoms with Gasteiger partial charge in [-0.05, 0) is 128 Å². The molecule has 2 aromatic rings. The van der Waals surface area contributed by atoms with Gasteiger partial charge in [0.05, 0.1) is 6.10 Å². The van der Waals surface area contributed by atoms with Crippen LogP contribution in [0.15, 0.2) is 42.5 Å². The Morgan fingerprint density at radius 2 is 1.58 bits per heavy atom. The predicted octanol–water partition coefficient (Wildman–Crippen LogP) is 10.7. The highest BCUT2D eigenvalue weighted by Crippen LogP contribution is 2.61. The van der Waals surface area contributed by atoms with Crippen LogP contribution >= 0.6 is 21.6 Å². The number of carbonyl (C=O) groups is 1. The molecule has 0 aromatic heterocycles. The Labute approximate surface area is 327 Å². The molecule has 0 bridgehead atoms. The van der Waals surface area contributed by atoms with Gasteiger partial charge in [0.2, 0.25) is 6.10 Å². The van der Waals surface area contributed by atoms with E-state index in [1.165, 1.54) is 11.1 Å². The van der Waals surface area contributed by atoms with Crippen LogP contribution in [-0.2, 0) is 15.9 Å². The average Bonchev–Trinajstić information content (AvgIpc) is 3.49. The van der Waals surface area contributed by atoms with Crippen molar-refractivity contribution in [2.45, 2.75) is 108 Å². The van der Waals surface area contributed by atoms with Crippen molar-refractivity contribution >= 4 is 27.7 Å². The first-order chi connectivity index (χ1) is 26.3. The molecule has 0 spiro atoms. The van der Waals surface area contributed by atoms with Crippen LogP contribution in [0.2, 0.25) is 0 Å². The molecule has 15 heteroatoms. The molecule has 0 radical (unpaired) electrons. The van der Waals surface area contributed by atoms with Gasteiger partial charge in [-0.2, -0.15) is 26.3 Å². The number of amides is 1. The normalized spacial score (nSPS) is 26.5. The zero-order valence-corrected chi connectivity index (χ0v) is 32.9. The number of nitrogens with zero attached hydrogens (tertiary/aromatic N) is 1. The van der Waals surface area contributed by atoms with E-state index >= 15 is 0 Å². The van der Waals surface area contributed by atoms with Crippen LogP contribution < -0.4 is 14.2 Å². The lowest BCUT2D eigenvalue weighted by Gasteiger charge is -2.50. The molecule has 3 aliphatic carbocycles. The van der Waals surface area contributed by atoms with Gasteiger partial charge in [0.1, 0.15) is 30.5 Å². The minimum atomic E-state index is -5.51. The summed E-state index contributed by atoms with van der Waals surface area (Å²) in [7, 11) is 3.65. The zero-order chi connectivity index (χ0) is 39.2. The fourth-order valence-corrected chi connectivity index (χ4v) is 11.7. The summed E-state index contributed by atoms with van der Waals surface area (Å²) >= 11 is 0. The van der Waals surface area contributed by atoms with E-state index in [4.69, 9.17) is 18.9 Å². The molecule has 7 nitrogen and oxygen atoms in total. The number of rotatable bonds is 15. The van der Waals surface area contributed by atoms with Crippen LogP contribution in [-0.4, -0.2) is 86.1 Å². The van der Waals surface area contributed by atoms with Gasteiger partial charge in [0, 0.05) is 37.3 Å². The van der Waals surface area contributed by atoms with Crippen molar-refractivity contribution in [3.05, 3.63) is 53.6 Å². The third kappa shape index (κ3) is 10.3. The maximum Gasteiger partial charge on any atom is 0.423 e. The fourth-order valence-electron chi connectivity index (χ4n) is 9.18. The molecule has 3 unspecified atom stereocenters. The van der Waals surface area contributed by atoms with Gasteiger partial charge in [-0.3, -0.25) is 0 Å². The molecule has 1 aliphatic heterocycles. The highest BCUT2D eigenvalue weighted by molar-refractivity contribution is 8.76. The lowest BCUT2D eigenvalue weighted by atomic mass is 9.55. The topological polar surface area (TPSA) is 66.5 Å². The van der Waals surface area contributed by atoms with Gasteiger partial charge in [-0.1, -0.05) is 41.5 Å². The maximum absolute atomic E-state index is 12.9. The Bertz CT molecular complexity index is 1540. The summed E-state index contributed by atoms with van der Waals surface area (Å²) in [6, 6.07) is 13.6. The van der Waals surface area contributed by atoms with Crippen LogP contribution in [0, 0.1) is 17.3 Å². The van der Waals surface area contributed by atoms with Crippen LogP contribution in [0.25, 0.3) is 0 Å². The monoisotopic (exact) mass is 819 g/mol. The number of aryl methyl sites for hydroxylation is 1. The van der Waals surface area contributed by atoms with Gasteiger partial charge < -0.3 is 28.6 Å². The van der Waals surface area contributed by atoms with Crippen LogP contribution in [0.4, 0.5) is 31.1 Å². The number of alkyl halides is 6. The Hall–Kier alpha value is -2.49. The molecule has 6 atom stereocenters. The summed E-state index contributed by atoms with van der Waals surface area (Å²) in [5.41, 5.74) is 2.58. The molecule has 0 N–H and O–H groups in total. The summed E-state index contributed by atoms with van der Waals surface area (Å²) in [6.07, 6.45) is -7.65. The summed E-state index contributed by atoms with van der Waals surface area (Å²) in [5, 5.41) is 0. The highest BCUT2D eigenvalue weighted by atomic mass is 33.1. The van der Waals surface area contributed by atoms with Crippen molar-refractivity contribution in [3.63, 3.8) is 0 Å². The third-order valence-electron chi connectivity index (χ3n) is 11.8. The van der Waals surface area contributed by atoms with Crippen molar-refractivity contribution in [1.29, 1.82) is 0 Å². The van der Waals surface area contributed by atoms with Crippen molar-refractivity contribution < 1.29 is 54.8 Å². The smallest absolute Gasteiger partial charge is 0.423 e. The molecule has 1 saturated heterocycles. The second kappa shape index (κ2) is 18.4. The first-order valence-electron chi connectivity index (χ1n) is 19.4. The van der Waals surface area contributed by atoms with E-state index in [2.05, 4.69) is 30.7 Å². The fraction of sp³-hybridized carbons (Fsp3) is 0.675. The maximum atomic E-state index is 12.9. The minimum Gasteiger partial charge on any atom is -0.490 e. The second-order valence-electron chi connectivity index (χ2n) is 15.2.